The predicted molar refractivity (Wildman–Crippen MR) is 201 cm³/mol. The van der Waals surface area contributed by atoms with Crippen molar-refractivity contribution in [2.45, 2.75) is 76.8 Å². The van der Waals surface area contributed by atoms with Crippen molar-refractivity contribution in [2.24, 2.45) is 17.8 Å². The first-order chi connectivity index (χ1) is 24.0. The minimum absolute atomic E-state index is 0.210. The number of sulfonamides is 1. The zero-order chi connectivity index (χ0) is 35.5. The SMILES string of the molecule is CCN1CCN(C[C@@]2(OC)/C=C/C[C@H](C)[C@@H](C)S(=O)(=O)NC(=O)c3ccc4c(c3)N(CCCCc3cc(Cl)ccc3CO4)C[C@@H]3CC[C@H]32)CC1. The van der Waals surface area contributed by atoms with Gasteiger partial charge < -0.3 is 19.3 Å². The fourth-order valence-electron chi connectivity index (χ4n) is 8.24. The molecule has 1 saturated carbocycles. The van der Waals surface area contributed by atoms with E-state index in [0.717, 1.165) is 101 Å². The van der Waals surface area contributed by atoms with Gasteiger partial charge in [-0.05, 0) is 111 Å². The van der Waals surface area contributed by atoms with E-state index in [1.54, 1.807) is 13.0 Å². The Balaban J connectivity index is 1.38. The highest BCUT2D eigenvalue weighted by Gasteiger charge is 2.48. The molecule has 4 aliphatic rings. The average Bonchev–Trinajstić information content (AvgIpc) is 3.12. The molecule has 2 aromatic carbocycles. The van der Waals surface area contributed by atoms with Crippen molar-refractivity contribution in [2.75, 3.05) is 64.4 Å². The first-order valence-electron chi connectivity index (χ1n) is 18.5. The number of hydrogen-bond donors (Lipinski definition) is 1. The maximum absolute atomic E-state index is 13.6. The lowest BCUT2D eigenvalue weighted by molar-refractivity contribution is -0.0952. The Morgan fingerprint density at radius 3 is 2.50 bits per heavy atom. The summed E-state index contributed by atoms with van der Waals surface area (Å²) >= 11 is 6.39. The molecule has 0 spiro atoms. The van der Waals surface area contributed by atoms with Gasteiger partial charge in [-0.15, -0.1) is 0 Å². The van der Waals surface area contributed by atoms with Crippen molar-refractivity contribution >= 4 is 33.2 Å². The van der Waals surface area contributed by atoms with Crippen LogP contribution in [-0.2, 0) is 27.8 Å². The Bertz CT molecular complexity index is 1640. The number of piperazine rings is 1. The number of carbonyl (C=O) groups excluding carboxylic acids is 1. The van der Waals surface area contributed by atoms with E-state index in [4.69, 9.17) is 21.1 Å². The number of halogens is 1. The lowest BCUT2D eigenvalue weighted by Gasteiger charge is -2.52. The van der Waals surface area contributed by atoms with Gasteiger partial charge in [-0.1, -0.05) is 43.7 Å². The largest absolute Gasteiger partial charge is 0.487 e. The number of benzene rings is 2. The molecular weight excluding hydrogens is 672 g/mol. The molecule has 1 saturated heterocycles. The van der Waals surface area contributed by atoms with Crippen molar-refractivity contribution in [1.82, 2.24) is 14.5 Å². The van der Waals surface area contributed by atoms with Gasteiger partial charge in [0.15, 0.2) is 0 Å². The molecule has 0 radical (unpaired) electrons. The van der Waals surface area contributed by atoms with Crippen LogP contribution in [0.2, 0.25) is 5.02 Å². The monoisotopic (exact) mass is 726 g/mol. The van der Waals surface area contributed by atoms with Crippen LogP contribution in [0.25, 0.3) is 0 Å². The standard InChI is InChI=1S/C39H55ClN4O5S/c1-5-42-19-21-43(22-20-42)27-39(48-4)17-8-9-28(2)29(3)50(46,47)41-38(45)31-13-16-37-36(24-31)44(25-32-12-15-35(32)39)18-7-6-10-30-23-34(40)14-11-33(30)26-49-37/h8,11,13-14,16-17,23-24,28-29,32,35H,5-7,9-10,12,15,18-22,25-27H2,1-4H3,(H,41,45)/b17-8+/t28-,29+,32-,35+,39-/m0/s1. The van der Waals surface area contributed by atoms with E-state index in [-0.39, 0.29) is 11.8 Å². The quantitative estimate of drug-likeness (QED) is 0.375. The van der Waals surface area contributed by atoms with E-state index in [0.29, 0.717) is 30.3 Å². The maximum Gasteiger partial charge on any atom is 0.264 e. The van der Waals surface area contributed by atoms with Gasteiger partial charge in [0.1, 0.15) is 18.0 Å². The molecule has 50 heavy (non-hydrogen) atoms. The number of nitrogens with zero attached hydrogens (tertiary/aromatic N) is 3. The van der Waals surface area contributed by atoms with Gasteiger partial charge in [-0.25, -0.2) is 13.1 Å². The summed E-state index contributed by atoms with van der Waals surface area (Å²) in [6, 6.07) is 11.3. The van der Waals surface area contributed by atoms with Gasteiger partial charge in [0, 0.05) is 63.5 Å². The number of hydrogen-bond acceptors (Lipinski definition) is 8. The maximum atomic E-state index is 13.6. The van der Waals surface area contributed by atoms with Crippen molar-refractivity contribution in [3.63, 3.8) is 0 Å². The Morgan fingerprint density at radius 2 is 1.78 bits per heavy atom. The minimum atomic E-state index is -3.94. The third kappa shape index (κ3) is 8.20. The van der Waals surface area contributed by atoms with Gasteiger partial charge in [0.2, 0.25) is 10.0 Å². The number of carbonyl (C=O) groups is 1. The van der Waals surface area contributed by atoms with E-state index < -0.39 is 26.8 Å². The van der Waals surface area contributed by atoms with Crippen molar-refractivity contribution in [3.05, 3.63) is 70.3 Å². The molecule has 0 aromatic heterocycles. The van der Waals surface area contributed by atoms with E-state index in [2.05, 4.69) is 38.5 Å². The van der Waals surface area contributed by atoms with Crippen molar-refractivity contribution in [1.29, 1.82) is 0 Å². The van der Waals surface area contributed by atoms with Crippen LogP contribution in [0.15, 0.2) is 48.6 Å². The van der Waals surface area contributed by atoms with Gasteiger partial charge in [-0.3, -0.25) is 9.69 Å². The van der Waals surface area contributed by atoms with Crippen LogP contribution < -0.4 is 14.4 Å². The summed E-state index contributed by atoms with van der Waals surface area (Å²) in [6.07, 6.45) is 9.94. The summed E-state index contributed by atoms with van der Waals surface area (Å²) in [5.74, 6) is 0.508. The van der Waals surface area contributed by atoms with Gasteiger partial charge >= 0.3 is 0 Å². The average molecular weight is 727 g/mol. The van der Waals surface area contributed by atoms with Gasteiger partial charge in [0.25, 0.3) is 5.91 Å². The van der Waals surface area contributed by atoms with E-state index in [1.165, 1.54) is 5.56 Å². The van der Waals surface area contributed by atoms with Crippen LogP contribution in [-0.4, -0.2) is 94.4 Å². The molecule has 1 amide bonds. The molecule has 274 valence electrons. The van der Waals surface area contributed by atoms with Crippen LogP contribution in [0.5, 0.6) is 5.75 Å². The van der Waals surface area contributed by atoms with E-state index in [9.17, 15) is 13.2 Å². The van der Waals surface area contributed by atoms with Crippen LogP contribution >= 0.6 is 11.6 Å². The number of nitrogens with one attached hydrogen (secondary N) is 1. The molecule has 3 aliphatic heterocycles. The summed E-state index contributed by atoms with van der Waals surface area (Å²) in [7, 11) is -2.10. The summed E-state index contributed by atoms with van der Waals surface area (Å²) in [5.41, 5.74) is 2.91. The number of rotatable bonds is 4. The Hall–Kier alpha value is -2.63. The summed E-state index contributed by atoms with van der Waals surface area (Å²) in [4.78, 5) is 21.0. The van der Waals surface area contributed by atoms with Crippen molar-refractivity contribution in [3.8, 4) is 5.75 Å². The third-order valence-electron chi connectivity index (χ3n) is 11.9. The number of anilines is 1. The molecule has 3 heterocycles. The lowest BCUT2D eigenvalue weighted by Crippen LogP contribution is -2.58. The van der Waals surface area contributed by atoms with Crippen LogP contribution in [0.1, 0.15) is 74.4 Å². The number of amides is 1. The fourth-order valence-corrected chi connectivity index (χ4v) is 9.72. The van der Waals surface area contributed by atoms with Crippen molar-refractivity contribution < 1.29 is 22.7 Å². The summed E-state index contributed by atoms with van der Waals surface area (Å²) in [5, 5.41) is -0.0499. The third-order valence-corrected chi connectivity index (χ3v) is 14.1. The molecule has 2 fully saturated rings. The number of likely N-dealkylation sites (N-methyl/N-ethyl adjacent to an activating group) is 1. The Labute approximate surface area is 304 Å². The molecule has 2 bridgehead atoms. The zero-order valence-corrected chi connectivity index (χ0v) is 31.8. The van der Waals surface area contributed by atoms with Crippen LogP contribution in [0.4, 0.5) is 5.69 Å². The molecule has 11 heteroatoms. The Kier molecular flexibility index (Phi) is 11.8. The molecule has 0 unspecified atom stereocenters. The molecule has 1 aliphatic carbocycles. The predicted octanol–water partition coefficient (Wildman–Crippen LogP) is 6.15. The second-order valence-corrected chi connectivity index (χ2v) is 17.4. The first-order valence-corrected chi connectivity index (χ1v) is 20.5. The Morgan fingerprint density at radius 1 is 1.00 bits per heavy atom. The second-order valence-electron chi connectivity index (χ2n) is 14.9. The molecule has 2 aromatic rings. The van der Waals surface area contributed by atoms with E-state index in [1.807, 2.05) is 44.4 Å². The van der Waals surface area contributed by atoms with Gasteiger partial charge in [-0.2, -0.15) is 0 Å². The second kappa shape index (κ2) is 15.9. The lowest BCUT2D eigenvalue weighted by atomic mass is 9.63. The fraction of sp³-hybridized carbons (Fsp3) is 0.615. The van der Waals surface area contributed by atoms with Gasteiger partial charge in [0.05, 0.1) is 10.9 Å². The summed E-state index contributed by atoms with van der Waals surface area (Å²) < 4.78 is 42.6. The van der Waals surface area contributed by atoms with Crippen LogP contribution in [0.3, 0.4) is 0 Å². The topological polar surface area (TPSA) is 91.4 Å². The number of fused-ring (bicyclic) bond motifs is 3. The normalized spacial score (nSPS) is 30.4. The number of aryl methyl sites for hydroxylation is 1. The zero-order valence-electron chi connectivity index (χ0n) is 30.2. The van der Waals surface area contributed by atoms with E-state index >= 15 is 0 Å². The molecule has 1 N–H and O–H groups in total. The smallest absolute Gasteiger partial charge is 0.264 e. The number of allylic oxidation sites excluding steroid dienone is 1. The highest BCUT2D eigenvalue weighted by Crippen LogP contribution is 2.47. The van der Waals surface area contributed by atoms with Crippen LogP contribution in [0, 0.1) is 17.8 Å². The molecular formula is C39H55ClN4O5S. The highest BCUT2D eigenvalue weighted by atomic mass is 35.5. The summed E-state index contributed by atoms with van der Waals surface area (Å²) in [6.45, 7) is 13.8. The highest BCUT2D eigenvalue weighted by molar-refractivity contribution is 7.90. The first kappa shape index (κ1) is 37.1. The number of methoxy groups -OCH3 is 1. The molecule has 6 rings (SSSR count). The minimum Gasteiger partial charge on any atom is -0.487 e. The molecule has 9 nitrogen and oxygen atoms in total. The molecule has 5 atom stereocenters. The number of ether oxygens (including phenoxy) is 2.